The molecule has 2 aromatic carbocycles. The molecule has 100 valence electrons. The summed E-state index contributed by atoms with van der Waals surface area (Å²) < 4.78 is 0. The second-order valence-electron chi connectivity index (χ2n) is 3.49. The molecule has 1 nitrogen and oxygen atoms in total. The molecular weight excluding hydrogens is 289 g/mol. The van der Waals surface area contributed by atoms with E-state index in [4.69, 9.17) is 17.3 Å². The lowest BCUT2D eigenvalue weighted by Crippen LogP contribution is -1.94. The summed E-state index contributed by atoms with van der Waals surface area (Å²) in [5.41, 5.74) is 7.79. The normalized spacial score (nSPS) is 8.17. The number of aryl methyl sites for hydroxylation is 1. The van der Waals surface area contributed by atoms with Crippen LogP contribution in [-0.2, 0) is 6.54 Å². The van der Waals surface area contributed by atoms with Crippen LogP contribution in [0.25, 0.3) is 0 Å². The summed E-state index contributed by atoms with van der Waals surface area (Å²) in [6.45, 7) is 2.66. The van der Waals surface area contributed by atoms with Crippen LogP contribution < -0.4 is 5.73 Å². The van der Waals surface area contributed by atoms with Gasteiger partial charge >= 0.3 is 0 Å². The van der Waals surface area contributed by atoms with Crippen molar-refractivity contribution >= 4 is 36.4 Å². The predicted molar refractivity (Wildman–Crippen MR) is 85.0 cm³/mol. The molecule has 0 spiro atoms. The van der Waals surface area contributed by atoms with Gasteiger partial charge in [-0.15, -0.1) is 24.8 Å². The van der Waals surface area contributed by atoms with Crippen molar-refractivity contribution in [2.45, 2.75) is 13.5 Å². The molecule has 0 aromatic heterocycles. The molecular formula is C14H18Cl3N. The summed E-state index contributed by atoms with van der Waals surface area (Å²) >= 11 is 5.63. The average molecular weight is 307 g/mol. The minimum atomic E-state index is 0. The van der Waals surface area contributed by atoms with Crippen LogP contribution in [0.15, 0.2) is 54.6 Å². The molecule has 0 saturated heterocycles. The van der Waals surface area contributed by atoms with E-state index in [0.717, 1.165) is 10.6 Å². The Morgan fingerprint density at radius 2 is 1.39 bits per heavy atom. The summed E-state index contributed by atoms with van der Waals surface area (Å²) in [6, 6.07) is 17.8. The Labute approximate surface area is 126 Å². The van der Waals surface area contributed by atoms with Gasteiger partial charge in [0.05, 0.1) is 0 Å². The molecule has 0 heterocycles. The van der Waals surface area contributed by atoms with Crippen LogP contribution in [0, 0.1) is 6.92 Å². The van der Waals surface area contributed by atoms with Crippen LogP contribution in [0.2, 0.25) is 5.02 Å². The third kappa shape index (κ3) is 8.37. The second kappa shape index (κ2) is 11.4. The van der Waals surface area contributed by atoms with E-state index in [9.17, 15) is 0 Å². The molecule has 0 saturated carbocycles. The summed E-state index contributed by atoms with van der Waals surface area (Å²) in [7, 11) is 0. The van der Waals surface area contributed by atoms with E-state index >= 15 is 0 Å². The van der Waals surface area contributed by atoms with Crippen molar-refractivity contribution in [2.75, 3.05) is 0 Å². The van der Waals surface area contributed by atoms with Gasteiger partial charge in [-0.05, 0) is 24.6 Å². The van der Waals surface area contributed by atoms with Crippen LogP contribution in [0.1, 0.15) is 11.1 Å². The quantitative estimate of drug-likeness (QED) is 0.816. The lowest BCUT2D eigenvalue weighted by molar-refractivity contribution is 1.07. The highest BCUT2D eigenvalue weighted by atomic mass is 35.5. The van der Waals surface area contributed by atoms with E-state index in [2.05, 4.69) is 19.1 Å². The van der Waals surface area contributed by atoms with Crippen molar-refractivity contribution in [1.29, 1.82) is 0 Å². The van der Waals surface area contributed by atoms with E-state index in [0.29, 0.717) is 6.54 Å². The maximum atomic E-state index is 5.63. The fourth-order valence-electron chi connectivity index (χ4n) is 1.15. The Morgan fingerprint density at radius 1 is 0.889 bits per heavy atom. The lowest BCUT2D eigenvalue weighted by atomic mass is 10.2. The van der Waals surface area contributed by atoms with Gasteiger partial charge in [0, 0.05) is 11.6 Å². The predicted octanol–water partition coefficient (Wildman–Crippen LogP) is 4.64. The van der Waals surface area contributed by atoms with Crippen molar-refractivity contribution in [3.05, 3.63) is 70.7 Å². The molecule has 0 unspecified atom stereocenters. The molecule has 0 aliphatic carbocycles. The number of rotatable bonds is 1. The van der Waals surface area contributed by atoms with Gasteiger partial charge < -0.3 is 5.73 Å². The molecule has 0 atom stereocenters. The molecule has 2 aromatic rings. The average Bonchev–Trinajstić information content (AvgIpc) is 2.32. The smallest absolute Gasteiger partial charge is 0.0406 e. The van der Waals surface area contributed by atoms with Crippen molar-refractivity contribution in [1.82, 2.24) is 0 Å². The van der Waals surface area contributed by atoms with Crippen LogP contribution in [0.3, 0.4) is 0 Å². The molecule has 18 heavy (non-hydrogen) atoms. The second-order valence-corrected chi connectivity index (χ2v) is 3.92. The van der Waals surface area contributed by atoms with Gasteiger partial charge in [0.1, 0.15) is 0 Å². The summed E-state index contributed by atoms with van der Waals surface area (Å²) in [5.74, 6) is 0. The molecule has 4 heteroatoms. The van der Waals surface area contributed by atoms with Crippen LogP contribution in [0.5, 0.6) is 0 Å². The molecule has 0 bridgehead atoms. The summed E-state index contributed by atoms with van der Waals surface area (Å²) in [4.78, 5) is 0. The first-order chi connectivity index (χ1) is 7.72. The molecule has 0 aliphatic heterocycles. The topological polar surface area (TPSA) is 26.0 Å². The van der Waals surface area contributed by atoms with Crippen LogP contribution in [0.4, 0.5) is 0 Å². The highest BCUT2D eigenvalue weighted by molar-refractivity contribution is 6.30. The molecule has 0 aliphatic rings. The van der Waals surface area contributed by atoms with Crippen LogP contribution in [-0.4, -0.2) is 0 Å². The van der Waals surface area contributed by atoms with Gasteiger partial charge in [-0.1, -0.05) is 59.6 Å². The Hall–Kier alpha value is -0.730. The fourth-order valence-corrected chi connectivity index (χ4v) is 1.28. The SMILES string of the molecule is Cc1ccccc1.Cl.Cl.NCc1ccc(Cl)cc1. The first-order valence-electron chi connectivity index (χ1n) is 5.18. The Bertz CT molecular complexity index is 401. The summed E-state index contributed by atoms with van der Waals surface area (Å²) in [6.07, 6.45) is 0. The molecule has 2 N–H and O–H groups in total. The zero-order valence-corrected chi connectivity index (χ0v) is 12.6. The maximum absolute atomic E-state index is 5.63. The number of hydrogen-bond donors (Lipinski definition) is 1. The third-order valence-electron chi connectivity index (χ3n) is 2.09. The summed E-state index contributed by atoms with van der Waals surface area (Å²) in [5, 5.41) is 0.757. The zero-order chi connectivity index (χ0) is 11.8. The third-order valence-corrected chi connectivity index (χ3v) is 2.34. The van der Waals surface area contributed by atoms with Gasteiger partial charge in [0.15, 0.2) is 0 Å². The fraction of sp³-hybridized carbons (Fsp3) is 0.143. The van der Waals surface area contributed by atoms with Crippen molar-refractivity contribution in [2.24, 2.45) is 5.73 Å². The molecule has 0 amide bonds. The van der Waals surface area contributed by atoms with Gasteiger partial charge in [-0.25, -0.2) is 0 Å². The number of hydrogen-bond acceptors (Lipinski definition) is 1. The lowest BCUT2D eigenvalue weighted by Gasteiger charge is -1.93. The van der Waals surface area contributed by atoms with Crippen LogP contribution >= 0.6 is 36.4 Å². The number of nitrogens with two attached hydrogens (primary N) is 1. The van der Waals surface area contributed by atoms with Gasteiger partial charge in [-0.2, -0.15) is 0 Å². The van der Waals surface area contributed by atoms with E-state index in [1.165, 1.54) is 5.56 Å². The largest absolute Gasteiger partial charge is 0.326 e. The molecule has 0 radical (unpaired) electrons. The highest BCUT2D eigenvalue weighted by Crippen LogP contribution is 2.08. The monoisotopic (exact) mass is 305 g/mol. The Morgan fingerprint density at radius 3 is 1.72 bits per heavy atom. The Balaban J connectivity index is 0. The minimum absolute atomic E-state index is 0. The molecule has 0 fully saturated rings. The highest BCUT2D eigenvalue weighted by Gasteiger charge is 1.86. The first-order valence-corrected chi connectivity index (χ1v) is 5.56. The van der Waals surface area contributed by atoms with Crippen molar-refractivity contribution in [3.8, 4) is 0 Å². The van der Waals surface area contributed by atoms with Gasteiger partial charge in [0.25, 0.3) is 0 Å². The minimum Gasteiger partial charge on any atom is -0.326 e. The standard InChI is InChI=1S/C7H8ClN.C7H8.2ClH/c8-7-3-1-6(5-9)2-4-7;1-7-5-3-2-4-6-7;;/h1-4H,5,9H2;2-6H,1H3;2*1H. The zero-order valence-electron chi connectivity index (χ0n) is 10.2. The maximum Gasteiger partial charge on any atom is 0.0406 e. The first kappa shape index (κ1) is 19.6. The van der Waals surface area contributed by atoms with E-state index in [1.807, 2.05) is 42.5 Å². The van der Waals surface area contributed by atoms with Gasteiger partial charge in [-0.3, -0.25) is 0 Å². The van der Waals surface area contributed by atoms with E-state index in [-0.39, 0.29) is 24.8 Å². The van der Waals surface area contributed by atoms with Gasteiger partial charge in [0.2, 0.25) is 0 Å². The Kier molecular flexibility index (Phi) is 12.4. The van der Waals surface area contributed by atoms with E-state index < -0.39 is 0 Å². The van der Waals surface area contributed by atoms with E-state index in [1.54, 1.807) is 0 Å². The van der Waals surface area contributed by atoms with Crippen molar-refractivity contribution in [3.63, 3.8) is 0 Å². The molecule has 2 rings (SSSR count). The van der Waals surface area contributed by atoms with Crippen molar-refractivity contribution < 1.29 is 0 Å². The number of halogens is 3. The number of benzene rings is 2.